The Hall–Kier alpha value is -2.07. The second kappa shape index (κ2) is 5.06. The van der Waals surface area contributed by atoms with Crippen molar-refractivity contribution in [1.82, 2.24) is 0 Å². The number of benzene rings is 1. The summed E-state index contributed by atoms with van der Waals surface area (Å²) in [6.07, 6.45) is 0.744. The number of nitro benzene ring substituents is 2. The fourth-order valence-electron chi connectivity index (χ4n) is 1.22. The first-order chi connectivity index (χ1) is 8.22. The Labute approximate surface area is 101 Å². The standard InChI is InChI=1S/C8H8N2O7S/c1-18(15,16)17-5-6-7(9(11)12)3-2-4-8(6)10(13)14/h2-4H,5H2,1H3. The average molecular weight is 276 g/mol. The summed E-state index contributed by atoms with van der Waals surface area (Å²) in [5.74, 6) is 0. The number of rotatable bonds is 5. The van der Waals surface area contributed by atoms with Gasteiger partial charge < -0.3 is 0 Å². The van der Waals surface area contributed by atoms with Crippen LogP contribution < -0.4 is 0 Å². The Morgan fingerprint density at radius 2 is 1.61 bits per heavy atom. The summed E-state index contributed by atoms with van der Waals surface area (Å²) >= 11 is 0. The topological polar surface area (TPSA) is 130 Å². The Bertz CT molecular complexity index is 563. The van der Waals surface area contributed by atoms with E-state index in [9.17, 15) is 28.6 Å². The van der Waals surface area contributed by atoms with Gasteiger partial charge in [-0.3, -0.25) is 24.4 Å². The van der Waals surface area contributed by atoms with Crippen molar-refractivity contribution in [2.24, 2.45) is 0 Å². The second-order valence-electron chi connectivity index (χ2n) is 3.26. The van der Waals surface area contributed by atoms with Crippen LogP contribution in [0.3, 0.4) is 0 Å². The van der Waals surface area contributed by atoms with Gasteiger partial charge in [-0.05, 0) is 6.07 Å². The molecule has 1 rings (SSSR count). The highest BCUT2D eigenvalue weighted by Crippen LogP contribution is 2.29. The van der Waals surface area contributed by atoms with Gasteiger partial charge in [0.05, 0.1) is 16.1 Å². The molecule has 1 aromatic rings. The van der Waals surface area contributed by atoms with E-state index in [1.165, 1.54) is 0 Å². The van der Waals surface area contributed by atoms with Crippen LogP contribution in [0.15, 0.2) is 18.2 Å². The molecule has 10 heteroatoms. The van der Waals surface area contributed by atoms with Gasteiger partial charge in [0.2, 0.25) is 0 Å². The van der Waals surface area contributed by atoms with E-state index in [0.29, 0.717) is 0 Å². The molecule has 0 saturated carbocycles. The van der Waals surface area contributed by atoms with E-state index in [0.717, 1.165) is 24.5 Å². The van der Waals surface area contributed by atoms with Crippen LogP contribution in [0.25, 0.3) is 0 Å². The van der Waals surface area contributed by atoms with E-state index >= 15 is 0 Å². The molecule has 0 bridgehead atoms. The molecule has 1 aromatic carbocycles. The molecule has 0 amide bonds. The highest BCUT2D eigenvalue weighted by atomic mass is 32.2. The third-order valence-corrected chi connectivity index (χ3v) is 2.48. The summed E-state index contributed by atoms with van der Waals surface area (Å²) in [6.45, 7) is -0.758. The predicted octanol–water partition coefficient (Wildman–Crippen LogP) is 0.979. The first-order valence-electron chi connectivity index (χ1n) is 4.47. The van der Waals surface area contributed by atoms with Gasteiger partial charge in [0.15, 0.2) is 0 Å². The molecule has 0 unspecified atom stereocenters. The fourth-order valence-corrected chi connectivity index (χ4v) is 1.55. The minimum atomic E-state index is -3.85. The molecule has 0 atom stereocenters. The Morgan fingerprint density at radius 3 is 1.94 bits per heavy atom. The third-order valence-electron chi connectivity index (χ3n) is 1.94. The zero-order valence-corrected chi connectivity index (χ0v) is 9.92. The van der Waals surface area contributed by atoms with Crippen LogP contribution >= 0.6 is 0 Å². The highest BCUT2D eigenvalue weighted by molar-refractivity contribution is 7.85. The Balaban J connectivity index is 3.27. The number of hydrogen-bond donors (Lipinski definition) is 0. The van der Waals surface area contributed by atoms with Crippen molar-refractivity contribution in [2.75, 3.05) is 6.26 Å². The van der Waals surface area contributed by atoms with Gasteiger partial charge in [-0.1, -0.05) is 0 Å². The summed E-state index contributed by atoms with van der Waals surface area (Å²) in [5, 5.41) is 21.4. The smallest absolute Gasteiger partial charge is 0.265 e. The van der Waals surface area contributed by atoms with E-state index in [2.05, 4.69) is 4.18 Å². The largest absolute Gasteiger partial charge is 0.281 e. The maximum Gasteiger partial charge on any atom is 0.281 e. The fraction of sp³-hybridized carbons (Fsp3) is 0.250. The lowest BCUT2D eigenvalue weighted by Crippen LogP contribution is -2.07. The first kappa shape index (κ1) is 14.0. The monoisotopic (exact) mass is 276 g/mol. The molecule has 0 aliphatic heterocycles. The summed E-state index contributed by atoms with van der Waals surface area (Å²) < 4.78 is 26.0. The second-order valence-corrected chi connectivity index (χ2v) is 4.90. The van der Waals surface area contributed by atoms with Crippen molar-refractivity contribution >= 4 is 21.5 Å². The van der Waals surface area contributed by atoms with Crippen molar-refractivity contribution in [2.45, 2.75) is 6.61 Å². The molecule has 9 nitrogen and oxygen atoms in total. The lowest BCUT2D eigenvalue weighted by Gasteiger charge is -2.03. The molecular formula is C8H8N2O7S. The van der Waals surface area contributed by atoms with E-state index in [1.54, 1.807) is 0 Å². The molecule has 0 heterocycles. The van der Waals surface area contributed by atoms with Crippen molar-refractivity contribution in [3.63, 3.8) is 0 Å². The first-order valence-corrected chi connectivity index (χ1v) is 6.29. The average Bonchev–Trinajstić information content (AvgIpc) is 2.24. The van der Waals surface area contributed by atoms with E-state index < -0.39 is 43.5 Å². The molecule has 0 saturated heterocycles. The molecule has 0 aliphatic rings. The van der Waals surface area contributed by atoms with Crippen LogP contribution in [0.1, 0.15) is 5.56 Å². The number of nitro groups is 2. The Morgan fingerprint density at radius 1 is 1.17 bits per heavy atom. The maximum atomic E-state index is 10.8. The lowest BCUT2D eigenvalue weighted by molar-refractivity contribution is -0.396. The van der Waals surface area contributed by atoms with Crippen LogP contribution in [0, 0.1) is 20.2 Å². The van der Waals surface area contributed by atoms with Gasteiger partial charge in [-0.15, -0.1) is 0 Å². The molecule has 18 heavy (non-hydrogen) atoms. The predicted molar refractivity (Wildman–Crippen MR) is 59.4 cm³/mol. The van der Waals surface area contributed by atoms with E-state index in [1.807, 2.05) is 0 Å². The van der Waals surface area contributed by atoms with E-state index in [-0.39, 0.29) is 0 Å². The molecule has 98 valence electrons. The van der Waals surface area contributed by atoms with Gasteiger partial charge >= 0.3 is 0 Å². The SMILES string of the molecule is CS(=O)(=O)OCc1c([N+](=O)[O-])cccc1[N+](=O)[O-]. The van der Waals surface area contributed by atoms with Gasteiger partial charge in [0.25, 0.3) is 21.5 Å². The van der Waals surface area contributed by atoms with Crippen molar-refractivity contribution in [3.8, 4) is 0 Å². The van der Waals surface area contributed by atoms with E-state index in [4.69, 9.17) is 0 Å². The number of hydrogen-bond acceptors (Lipinski definition) is 7. The summed E-state index contributed by atoms with van der Waals surface area (Å²) in [4.78, 5) is 19.7. The van der Waals surface area contributed by atoms with Crippen LogP contribution in [-0.4, -0.2) is 24.5 Å². The van der Waals surface area contributed by atoms with Crippen molar-refractivity contribution in [1.29, 1.82) is 0 Å². The lowest BCUT2D eigenvalue weighted by atomic mass is 10.1. The van der Waals surface area contributed by atoms with Gasteiger partial charge in [0.1, 0.15) is 12.2 Å². The minimum absolute atomic E-state index is 0.391. The van der Waals surface area contributed by atoms with Crippen LogP contribution in [0.4, 0.5) is 11.4 Å². The molecule has 0 aromatic heterocycles. The quantitative estimate of drug-likeness (QED) is 0.445. The zero-order chi connectivity index (χ0) is 13.9. The van der Waals surface area contributed by atoms with Crippen molar-refractivity contribution in [3.05, 3.63) is 44.0 Å². The Kier molecular flexibility index (Phi) is 3.93. The normalized spacial score (nSPS) is 11.2. The van der Waals surface area contributed by atoms with Gasteiger partial charge in [0, 0.05) is 12.1 Å². The summed E-state index contributed by atoms with van der Waals surface area (Å²) in [6, 6.07) is 3.21. The zero-order valence-electron chi connectivity index (χ0n) is 9.10. The molecule has 0 radical (unpaired) electrons. The highest BCUT2D eigenvalue weighted by Gasteiger charge is 2.25. The van der Waals surface area contributed by atoms with Gasteiger partial charge in [-0.25, -0.2) is 0 Å². The summed E-state index contributed by atoms with van der Waals surface area (Å²) in [7, 11) is -3.85. The number of nitrogens with zero attached hydrogens (tertiary/aromatic N) is 2. The van der Waals surface area contributed by atoms with Crippen LogP contribution in [0.5, 0.6) is 0 Å². The molecule has 0 fully saturated rings. The molecule has 0 N–H and O–H groups in total. The van der Waals surface area contributed by atoms with Crippen LogP contribution in [-0.2, 0) is 20.9 Å². The van der Waals surface area contributed by atoms with Gasteiger partial charge in [-0.2, -0.15) is 8.42 Å². The minimum Gasteiger partial charge on any atom is -0.265 e. The van der Waals surface area contributed by atoms with Crippen molar-refractivity contribution < 1.29 is 22.4 Å². The summed E-state index contributed by atoms with van der Waals surface area (Å²) in [5.41, 5.74) is -1.52. The van der Waals surface area contributed by atoms with Crippen LogP contribution in [0.2, 0.25) is 0 Å². The molecule has 0 spiro atoms. The third kappa shape index (κ3) is 3.46. The molecular weight excluding hydrogens is 268 g/mol. The maximum absolute atomic E-state index is 10.8. The molecule has 0 aliphatic carbocycles.